The molecular formula is C30H25FO4S. The van der Waals surface area contributed by atoms with Gasteiger partial charge in [-0.2, -0.15) is 11.8 Å². The molecule has 4 aromatic carbocycles. The minimum absolute atomic E-state index is 0.235. The molecule has 0 amide bonds. The van der Waals surface area contributed by atoms with Crippen LogP contribution in [0.4, 0.5) is 4.39 Å². The van der Waals surface area contributed by atoms with Crippen LogP contribution in [0.3, 0.4) is 0 Å². The summed E-state index contributed by atoms with van der Waals surface area (Å²) in [6.07, 6.45) is 0. The number of halogens is 1. The molecule has 1 N–H and O–H groups in total. The smallest absolute Gasteiger partial charge is 0.307 e. The average Bonchev–Trinajstić information content (AvgIpc) is 3.27. The number of aliphatic carboxylic acids is 1. The molecule has 1 heterocycles. The standard InChI is InChI=1S/C30H25FO4S/c1-19(30(32)33)17-36-18-21-6-4-7-22(14-21)34-16-20-12-13-23(27(31)15-20)25-9-5-10-26-24-8-2-3-11-28(24)35-29(25)26/h2-15,19H,16-18H2,1H3,(H,32,33). The van der Waals surface area contributed by atoms with Gasteiger partial charge in [0.2, 0.25) is 0 Å². The first-order valence-electron chi connectivity index (χ1n) is 11.7. The van der Waals surface area contributed by atoms with Crippen LogP contribution in [0.1, 0.15) is 18.1 Å². The fourth-order valence-corrected chi connectivity index (χ4v) is 5.17. The number of carbonyl (C=O) groups is 1. The van der Waals surface area contributed by atoms with Crippen LogP contribution in [-0.2, 0) is 17.2 Å². The van der Waals surface area contributed by atoms with Gasteiger partial charge in [-0.05, 0) is 35.4 Å². The third-order valence-electron chi connectivity index (χ3n) is 6.09. The van der Waals surface area contributed by atoms with E-state index in [0.29, 0.717) is 28.4 Å². The maximum atomic E-state index is 15.2. The maximum Gasteiger partial charge on any atom is 0.307 e. The number of hydrogen-bond acceptors (Lipinski definition) is 4. The Bertz CT molecular complexity index is 1540. The molecule has 6 heteroatoms. The van der Waals surface area contributed by atoms with Gasteiger partial charge in [-0.3, -0.25) is 4.79 Å². The zero-order chi connectivity index (χ0) is 25.1. The van der Waals surface area contributed by atoms with E-state index in [9.17, 15) is 4.79 Å². The van der Waals surface area contributed by atoms with Crippen LogP contribution >= 0.6 is 11.8 Å². The van der Waals surface area contributed by atoms with Gasteiger partial charge in [0.05, 0.1) is 5.92 Å². The van der Waals surface area contributed by atoms with Crippen LogP contribution in [-0.4, -0.2) is 16.8 Å². The molecule has 0 saturated carbocycles. The van der Waals surface area contributed by atoms with Gasteiger partial charge in [0.25, 0.3) is 0 Å². The molecule has 4 nitrogen and oxygen atoms in total. The number of ether oxygens (including phenoxy) is 1. The molecule has 1 aromatic heterocycles. The predicted octanol–water partition coefficient (Wildman–Crippen LogP) is 7.93. The molecule has 182 valence electrons. The van der Waals surface area contributed by atoms with Gasteiger partial charge >= 0.3 is 5.97 Å². The fraction of sp³-hybridized carbons (Fsp3) is 0.167. The van der Waals surface area contributed by atoms with E-state index < -0.39 is 5.97 Å². The summed E-state index contributed by atoms with van der Waals surface area (Å²) < 4.78 is 27.2. The second-order valence-electron chi connectivity index (χ2n) is 8.79. The molecule has 0 saturated heterocycles. The van der Waals surface area contributed by atoms with Gasteiger partial charge in [-0.15, -0.1) is 0 Å². The molecule has 36 heavy (non-hydrogen) atoms. The Morgan fingerprint density at radius 2 is 1.75 bits per heavy atom. The van der Waals surface area contributed by atoms with Crippen molar-refractivity contribution in [3.63, 3.8) is 0 Å². The zero-order valence-electron chi connectivity index (χ0n) is 19.7. The van der Waals surface area contributed by atoms with Crippen LogP contribution in [0.15, 0.2) is 89.3 Å². The van der Waals surface area contributed by atoms with Crippen molar-refractivity contribution in [2.45, 2.75) is 19.3 Å². The van der Waals surface area contributed by atoms with Crippen LogP contribution in [0.2, 0.25) is 0 Å². The van der Waals surface area contributed by atoms with E-state index in [1.165, 1.54) is 6.07 Å². The molecule has 1 atom stereocenters. The quantitative estimate of drug-likeness (QED) is 0.223. The Morgan fingerprint density at radius 3 is 2.58 bits per heavy atom. The SMILES string of the molecule is CC(CSCc1cccc(OCc2ccc(-c3cccc4c3oc3ccccc34)c(F)c2)c1)C(=O)O. The number of para-hydroxylation sites is 2. The van der Waals surface area contributed by atoms with Crippen molar-refractivity contribution >= 4 is 39.7 Å². The van der Waals surface area contributed by atoms with Crippen LogP contribution in [0, 0.1) is 11.7 Å². The van der Waals surface area contributed by atoms with Gasteiger partial charge < -0.3 is 14.3 Å². The van der Waals surface area contributed by atoms with Crippen LogP contribution in [0.5, 0.6) is 5.75 Å². The first-order chi connectivity index (χ1) is 17.5. The number of benzene rings is 4. The topological polar surface area (TPSA) is 59.7 Å². The van der Waals surface area contributed by atoms with E-state index in [4.69, 9.17) is 14.3 Å². The van der Waals surface area contributed by atoms with E-state index in [1.807, 2.05) is 72.8 Å². The second kappa shape index (κ2) is 10.5. The highest BCUT2D eigenvalue weighted by molar-refractivity contribution is 7.98. The molecule has 0 radical (unpaired) electrons. The average molecular weight is 501 g/mol. The number of rotatable bonds is 9. The fourth-order valence-electron chi connectivity index (χ4n) is 4.14. The Labute approximate surface area is 212 Å². The van der Waals surface area contributed by atoms with E-state index in [1.54, 1.807) is 24.8 Å². The minimum Gasteiger partial charge on any atom is -0.489 e. The van der Waals surface area contributed by atoms with Gasteiger partial charge in [-0.1, -0.05) is 67.6 Å². The van der Waals surface area contributed by atoms with Gasteiger partial charge in [0.15, 0.2) is 0 Å². The predicted molar refractivity (Wildman–Crippen MR) is 143 cm³/mol. The molecule has 0 aliphatic rings. The van der Waals surface area contributed by atoms with Crippen molar-refractivity contribution in [1.29, 1.82) is 0 Å². The molecule has 0 spiro atoms. The van der Waals surface area contributed by atoms with Gasteiger partial charge in [0, 0.05) is 33.4 Å². The zero-order valence-corrected chi connectivity index (χ0v) is 20.6. The summed E-state index contributed by atoms with van der Waals surface area (Å²) in [4.78, 5) is 11.0. The van der Waals surface area contributed by atoms with E-state index >= 15 is 4.39 Å². The van der Waals surface area contributed by atoms with Gasteiger partial charge in [0.1, 0.15) is 29.3 Å². The van der Waals surface area contributed by atoms with E-state index in [0.717, 1.165) is 33.0 Å². The monoisotopic (exact) mass is 500 g/mol. The van der Waals surface area contributed by atoms with Crippen LogP contribution in [0.25, 0.3) is 33.1 Å². The number of carboxylic acid groups (broad SMARTS) is 1. The van der Waals surface area contributed by atoms with E-state index in [-0.39, 0.29) is 18.3 Å². The molecule has 0 aliphatic heterocycles. The number of fused-ring (bicyclic) bond motifs is 3. The third-order valence-corrected chi connectivity index (χ3v) is 7.36. The highest BCUT2D eigenvalue weighted by Crippen LogP contribution is 2.36. The molecule has 0 fully saturated rings. The Hall–Kier alpha value is -3.77. The largest absolute Gasteiger partial charge is 0.489 e. The molecule has 5 rings (SSSR count). The number of furan rings is 1. The highest BCUT2D eigenvalue weighted by atomic mass is 32.2. The summed E-state index contributed by atoms with van der Waals surface area (Å²) in [6.45, 7) is 1.94. The third kappa shape index (κ3) is 5.09. The number of carboxylic acids is 1. The summed E-state index contributed by atoms with van der Waals surface area (Å²) in [6, 6.07) is 26.4. The first kappa shape index (κ1) is 23.9. The van der Waals surface area contributed by atoms with Gasteiger partial charge in [-0.25, -0.2) is 4.39 Å². The Morgan fingerprint density at radius 1 is 0.944 bits per heavy atom. The number of hydrogen-bond donors (Lipinski definition) is 1. The summed E-state index contributed by atoms with van der Waals surface area (Å²) in [7, 11) is 0. The Kier molecular flexibility index (Phi) is 6.96. The van der Waals surface area contributed by atoms with Crippen molar-refractivity contribution in [3.05, 3.63) is 102 Å². The lowest BCUT2D eigenvalue weighted by Gasteiger charge is -2.11. The first-order valence-corrected chi connectivity index (χ1v) is 12.9. The lowest BCUT2D eigenvalue weighted by atomic mass is 10.0. The highest BCUT2D eigenvalue weighted by Gasteiger charge is 2.15. The minimum atomic E-state index is -0.785. The molecule has 5 aromatic rings. The lowest BCUT2D eigenvalue weighted by molar-refractivity contribution is -0.140. The molecular weight excluding hydrogens is 475 g/mol. The summed E-state index contributed by atoms with van der Waals surface area (Å²) in [5, 5.41) is 11.0. The van der Waals surface area contributed by atoms with Crippen LogP contribution < -0.4 is 4.74 Å². The summed E-state index contributed by atoms with van der Waals surface area (Å²) in [5.41, 5.74) is 4.43. The van der Waals surface area contributed by atoms with Crippen molar-refractivity contribution < 1.29 is 23.4 Å². The normalized spacial score (nSPS) is 12.2. The molecule has 1 unspecified atom stereocenters. The maximum absolute atomic E-state index is 15.2. The van der Waals surface area contributed by atoms with E-state index in [2.05, 4.69) is 0 Å². The van der Waals surface area contributed by atoms with Crippen molar-refractivity contribution in [1.82, 2.24) is 0 Å². The number of thioether (sulfide) groups is 1. The Balaban J connectivity index is 1.29. The summed E-state index contributed by atoms with van der Waals surface area (Å²) in [5.74, 6) is 0.440. The van der Waals surface area contributed by atoms with Crippen molar-refractivity contribution in [2.75, 3.05) is 5.75 Å². The van der Waals surface area contributed by atoms with Crippen molar-refractivity contribution in [3.8, 4) is 16.9 Å². The second-order valence-corrected chi connectivity index (χ2v) is 9.82. The molecule has 0 aliphatic carbocycles. The molecule has 0 bridgehead atoms. The lowest BCUT2D eigenvalue weighted by Crippen LogP contribution is -2.11. The van der Waals surface area contributed by atoms with Crippen molar-refractivity contribution in [2.24, 2.45) is 5.92 Å². The summed E-state index contributed by atoms with van der Waals surface area (Å²) >= 11 is 1.58.